The molecule has 0 aliphatic carbocycles. The molecule has 2 aromatic rings. The first-order chi connectivity index (χ1) is 14.1. The van der Waals surface area contributed by atoms with E-state index in [4.69, 9.17) is 4.74 Å². The van der Waals surface area contributed by atoms with Crippen LogP contribution in [0, 0.1) is 0 Å². The van der Waals surface area contributed by atoms with Gasteiger partial charge in [0.25, 0.3) is 5.91 Å². The molecule has 0 saturated carbocycles. The van der Waals surface area contributed by atoms with Crippen molar-refractivity contribution in [1.82, 2.24) is 16.0 Å². The average molecular weight is 393 g/mol. The summed E-state index contributed by atoms with van der Waals surface area (Å²) in [5.74, 6) is 0.228. The number of rotatable bonds is 6. The highest BCUT2D eigenvalue weighted by atomic mass is 16.5. The third kappa shape index (κ3) is 4.59. The molecule has 0 radical (unpaired) electrons. The first-order valence-electron chi connectivity index (χ1n) is 10.2. The maximum atomic E-state index is 13.1. The number of amides is 2. The van der Waals surface area contributed by atoms with Gasteiger partial charge in [0.2, 0.25) is 5.91 Å². The van der Waals surface area contributed by atoms with E-state index in [0.29, 0.717) is 23.4 Å². The first-order valence-corrected chi connectivity index (χ1v) is 10.2. The molecule has 3 N–H and O–H groups in total. The number of fused-ring (bicyclic) bond motifs is 2. The van der Waals surface area contributed by atoms with Crippen LogP contribution in [-0.4, -0.2) is 37.0 Å². The SMILES string of the molecule is COc1ccc(C(=O)NC(C(=O)NC2CC3CCC(C2)N3)c2ccccc2)cc1. The maximum absolute atomic E-state index is 13.1. The molecule has 152 valence electrons. The van der Waals surface area contributed by atoms with E-state index >= 15 is 0 Å². The lowest BCUT2D eigenvalue weighted by atomic mass is 9.98. The van der Waals surface area contributed by atoms with Gasteiger partial charge in [-0.15, -0.1) is 0 Å². The van der Waals surface area contributed by atoms with Crippen molar-refractivity contribution >= 4 is 11.8 Å². The summed E-state index contributed by atoms with van der Waals surface area (Å²) in [6.45, 7) is 0. The molecular formula is C23H27N3O3. The predicted octanol–water partition coefficient (Wildman–Crippen LogP) is 2.57. The van der Waals surface area contributed by atoms with Crippen LogP contribution in [0.25, 0.3) is 0 Å². The Labute approximate surface area is 171 Å². The second-order valence-electron chi connectivity index (χ2n) is 7.86. The number of carbonyl (C=O) groups is 2. The standard InChI is InChI=1S/C23H27N3O3/c1-29-20-11-7-16(8-12-20)22(27)26-21(15-5-3-2-4-6-15)23(28)25-19-13-17-9-10-18(14-19)24-17/h2-8,11-12,17-19,21,24H,9-10,13-14H2,1H3,(H,25,28)(H,26,27). The number of methoxy groups -OCH3 is 1. The molecule has 3 unspecified atom stereocenters. The zero-order valence-corrected chi connectivity index (χ0v) is 16.6. The molecule has 2 saturated heterocycles. The van der Waals surface area contributed by atoms with Gasteiger partial charge in [0.15, 0.2) is 0 Å². The van der Waals surface area contributed by atoms with E-state index in [0.717, 1.165) is 18.4 Å². The summed E-state index contributed by atoms with van der Waals surface area (Å²) in [5.41, 5.74) is 1.25. The molecule has 2 aliphatic heterocycles. The van der Waals surface area contributed by atoms with Crippen LogP contribution in [0.15, 0.2) is 54.6 Å². The van der Waals surface area contributed by atoms with E-state index in [1.54, 1.807) is 31.4 Å². The van der Waals surface area contributed by atoms with E-state index < -0.39 is 6.04 Å². The Morgan fingerprint density at radius 3 is 2.28 bits per heavy atom. The minimum Gasteiger partial charge on any atom is -0.497 e. The van der Waals surface area contributed by atoms with Crippen LogP contribution in [0.2, 0.25) is 0 Å². The normalized spacial score (nSPS) is 23.8. The third-order valence-corrected chi connectivity index (χ3v) is 5.84. The number of carbonyl (C=O) groups excluding carboxylic acids is 2. The van der Waals surface area contributed by atoms with Crippen molar-refractivity contribution < 1.29 is 14.3 Å². The first kappa shape index (κ1) is 19.5. The van der Waals surface area contributed by atoms with Gasteiger partial charge in [0.1, 0.15) is 11.8 Å². The van der Waals surface area contributed by atoms with Crippen molar-refractivity contribution in [3.63, 3.8) is 0 Å². The summed E-state index contributed by atoms with van der Waals surface area (Å²) in [4.78, 5) is 25.9. The Kier molecular flexibility index (Phi) is 5.81. The molecular weight excluding hydrogens is 366 g/mol. The molecule has 0 spiro atoms. The van der Waals surface area contributed by atoms with Gasteiger partial charge in [-0.2, -0.15) is 0 Å². The van der Waals surface area contributed by atoms with Gasteiger partial charge in [-0.25, -0.2) is 0 Å². The van der Waals surface area contributed by atoms with Crippen LogP contribution < -0.4 is 20.7 Å². The Bertz CT molecular complexity index is 841. The summed E-state index contributed by atoms with van der Waals surface area (Å²) in [5, 5.41) is 9.67. The Balaban J connectivity index is 1.48. The summed E-state index contributed by atoms with van der Waals surface area (Å²) in [7, 11) is 1.58. The van der Waals surface area contributed by atoms with Crippen LogP contribution >= 0.6 is 0 Å². The van der Waals surface area contributed by atoms with E-state index in [1.807, 2.05) is 30.3 Å². The van der Waals surface area contributed by atoms with Crippen LogP contribution in [-0.2, 0) is 4.79 Å². The van der Waals surface area contributed by atoms with E-state index in [9.17, 15) is 9.59 Å². The Morgan fingerprint density at radius 1 is 1.00 bits per heavy atom. The van der Waals surface area contributed by atoms with Gasteiger partial charge in [0.05, 0.1) is 7.11 Å². The van der Waals surface area contributed by atoms with Crippen LogP contribution in [0.1, 0.15) is 47.6 Å². The van der Waals surface area contributed by atoms with Crippen LogP contribution in [0.3, 0.4) is 0 Å². The lowest BCUT2D eigenvalue weighted by Gasteiger charge is -2.31. The molecule has 0 aromatic heterocycles. The summed E-state index contributed by atoms with van der Waals surface area (Å²) in [6, 6.07) is 16.6. The lowest BCUT2D eigenvalue weighted by Crippen LogP contribution is -2.50. The van der Waals surface area contributed by atoms with E-state index in [2.05, 4.69) is 16.0 Å². The van der Waals surface area contributed by atoms with Crippen molar-refractivity contribution in [2.45, 2.75) is 49.9 Å². The number of nitrogens with one attached hydrogen (secondary N) is 3. The van der Waals surface area contributed by atoms with E-state index in [-0.39, 0.29) is 17.9 Å². The Morgan fingerprint density at radius 2 is 1.66 bits per heavy atom. The molecule has 2 aromatic carbocycles. The zero-order chi connectivity index (χ0) is 20.2. The largest absolute Gasteiger partial charge is 0.497 e. The fourth-order valence-electron chi connectivity index (χ4n) is 4.36. The van der Waals surface area contributed by atoms with Gasteiger partial charge in [0, 0.05) is 23.7 Å². The fourth-order valence-corrected chi connectivity index (χ4v) is 4.36. The summed E-state index contributed by atoms with van der Waals surface area (Å²) < 4.78 is 5.14. The van der Waals surface area contributed by atoms with Crippen LogP contribution in [0.4, 0.5) is 0 Å². The molecule has 6 nitrogen and oxygen atoms in total. The molecule has 2 amide bonds. The van der Waals surface area contributed by atoms with Crippen molar-refractivity contribution in [2.75, 3.05) is 7.11 Å². The fraction of sp³-hybridized carbons (Fsp3) is 0.391. The molecule has 4 rings (SSSR count). The van der Waals surface area contributed by atoms with Gasteiger partial charge in [-0.3, -0.25) is 9.59 Å². The number of ether oxygens (including phenoxy) is 1. The van der Waals surface area contributed by atoms with Crippen molar-refractivity contribution in [2.24, 2.45) is 0 Å². The molecule has 3 atom stereocenters. The van der Waals surface area contributed by atoms with Crippen molar-refractivity contribution in [3.8, 4) is 5.75 Å². The second kappa shape index (κ2) is 8.66. The average Bonchev–Trinajstić information content (AvgIpc) is 3.10. The summed E-state index contributed by atoms with van der Waals surface area (Å²) >= 11 is 0. The summed E-state index contributed by atoms with van der Waals surface area (Å²) in [6.07, 6.45) is 4.23. The van der Waals surface area contributed by atoms with Gasteiger partial charge in [-0.1, -0.05) is 30.3 Å². The van der Waals surface area contributed by atoms with Gasteiger partial charge < -0.3 is 20.7 Å². The minimum atomic E-state index is -0.738. The van der Waals surface area contributed by atoms with Gasteiger partial charge in [-0.05, 0) is 55.5 Å². The quantitative estimate of drug-likeness (QED) is 0.705. The number of hydrogen-bond donors (Lipinski definition) is 3. The topological polar surface area (TPSA) is 79.5 Å². The maximum Gasteiger partial charge on any atom is 0.252 e. The lowest BCUT2D eigenvalue weighted by molar-refractivity contribution is -0.124. The third-order valence-electron chi connectivity index (χ3n) is 5.84. The van der Waals surface area contributed by atoms with Gasteiger partial charge >= 0.3 is 0 Å². The second-order valence-corrected chi connectivity index (χ2v) is 7.86. The highest BCUT2D eigenvalue weighted by molar-refractivity contribution is 5.98. The Hall–Kier alpha value is -2.86. The molecule has 2 heterocycles. The smallest absolute Gasteiger partial charge is 0.252 e. The number of piperidine rings is 1. The highest BCUT2D eigenvalue weighted by Crippen LogP contribution is 2.27. The predicted molar refractivity (Wildman–Crippen MR) is 111 cm³/mol. The van der Waals surface area contributed by atoms with E-state index in [1.165, 1.54) is 12.8 Å². The minimum absolute atomic E-state index is 0.144. The molecule has 2 aliphatic rings. The molecule has 6 heteroatoms. The van der Waals surface area contributed by atoms with Crippen molar-refractivity contribution in [3.05, 3.63) is 65.7 Å². The van der Waals surface area contributed by atoms with Crippen LogP contribution in [0.5, 0.6) is 5.75 Å². The highest BCUT2D eigenvalue weighted by Gasteiger charge is 2.35. The monoisotopic (exact) mass is 393 g/mol. The number of hydrogen-bond acceptors (Lipinski definition) is 4. The molecule has 29 heavy (non-hydrogen) atoms. The molecule has 2 bridgehead atoms. The zero-order valence-electron chi connectivity index (χ0n) is 16.6. The van der Waals surface area contributed by atoms with Crippen molar-refractivity contribution in [1.29, 1.82) is 0 Å². The molecule has 2 fully saturated rings. The number of benzene rings is 2.